The molecule has 3 heteroatoms. The number of rotatable bonds is 5. The van der Waals surface area contributed by atoms with E-state index < -0.39 is 5.97 Å². The molecule has 1 fully saturated rings. The molecule has 1 N–H and O–H groups in total. The van der Waals surface area contributed by atoms with Crippen molar-refractivity contribution < 1.29 is 14.6 Å². The van der Waals surface area contributed by atoms with Gasteiger partial charge < -0.3 is 9.84 Å². The van der Waals surface area contributed by atoms with Crippen LogP contribution in [0.15, 0.2) is 0 Å². The minimum absolute atomic E-state index is 0.0993. The summed E-state index contributed by atoms with van der Waals surface area (Å²) in [7, 11) is 0. The Kier molecular flexibility index (Phi) is 5.09. The molecule has 1 aliphatic rings. The number of carboxylic acid groups (broad SMARTS) is 1. The van der Waals surface area contributed by atoms with Crippen molar-refractivity contribution in [3.63, 3.8) is 0 Å². The number of hydrogen-bond acceptors (Lipinski definition) is 2. The van der Waals surface area contributed by atoms with E-state index in [2.05, 4.69) is 6.92 Å². The Morgan fingerprint density at radius 3 is 2.80 bits per heavy atom. The van der Waals surface area contributed by atoms with Gasteiger partial charge in [0.05, 0.1) is 18.6 Å². The third kappa shape index (κ3) is 4.65. The summed E-state index contributed by atoms with van der Waals surface area (Å²) in [5.74, 6) is -0.0307. The lowest BCUT2D eigenvalue weighted by Crippen LogP contribution is -2.28. The average molecular weight is 214 g/mol. The minimum Gasteiger partial charge on any atom is -0.481 e. The van der Waals surface area contributed by atoms with E-state index >= 15 is 0 Å². The quantitative estimate of drug-likeness (QED) is 0.765. The van der Waals surface area contributed by atoms with Crippen molar-refractivity contribution in [3.8, 4) is 0 Å². The minimum atomic E-state index is -0.759. The summed E-state index contributed by atoms with van der Waals surface area (Å²) in [6, 6.07) is 0. The summed E-state index contributed by atoms with van der Waals surface area (Å²) in [6.45, 7) is 4.23. The highest BCUT2D eigenvalue weighted by atomic mass is 16.5. The predicted molar refractivity (Wildman–Crippen MR) is 58.8 cm³/mol. The van der Waals surface area contributed by atoms with Gasteiger partial charge in [0, 0.05) is 0 Å². The lowest BCUT2D eigenvalue weighted by atomic mass is 9.88. The van der Waals surface area contributed by atoms with E-state index in [9.17, 15) is 4.79 Å². The van der Waals surface area contributed by atoms with E-state index in [0.717, 1.165) is 25.2 Å². The predicted octanol–water partition coefficient (Wildman–Crippen LogP) is 2.84. The molecule has 88 valence electrons. The maximum absolute atomic E-state index is 10.6. The van der Waals surface area contributed by atoms with Gasteiger partial charge in [-0.25, -0.2) is 0 Å². The van der Waals surface area contributed by atoms with Gasteiger partial charge in [0.15, 0.2) is 0 Å². The summed E-state index contributed by atoms with van der Waals surface area (Å²) < 4.78 is 5.84. The van der Waals surface area contributed by atoms with Crippen LogP contribution in [0.2, 0.25) is 0 Å². The SMILES string of the molecule is CCC(CC(=O)O)OC1CCCC(C)C1. The standard InChI is InChI=1S/C12H22O3/c1-3-10(8-12(13)14)15-11-6-4-5-9(2)7-11/h9-11H,3-8H2,1-2H3,(H,13,14). The molecule has 0 aliphatic heterocycles. The largest absolute Gasteiger partial charge is 0.481 e. The maximum Gasteiger partial charge on any atom is 0.305 e. The highest BCUT2D eigenvalue weighted by molar-refractivity contribution is 5.67. The first-order valence-corrected chi connectivity index (χ1v) is 5.99. The Hall–Kier alpha value is -0.570. The normalized spacial score (nSPS) is 28.7. The molecular weight excluding hydrogens is 192 g/mol. The van der Waals surface area contributed by atoms with E-state index in [-0.39, 0.29) is 18.6 Å². The zero-order chi connectivity index (χ0) is 11.3. The van der Waals surface area contributed by atoms with Crippen LogP contribution in [0.5, 0.6) is 0 Å². The van der Waals surface area contributed by atoms with Crippen LogP contribution in [-0.2, 0) is 9.53 Å². The van der Waals surface area contributed by atoms with Crippen molar-refractivity contribution >= 4 is 5.97 Å². The first-order valence-electron chi connectivity index (χ1n) is 5.99. The molecule has 0 radical (unpaired) electrons. The van der Waals surface area contributed by atoms with E-state index in [4.69, 9.17) is 9.84 Å². The molecule has 1 saturated carbocycles. The maximum atomic E-state index is 10.6. The fraction of sp³-hybridized carbons (Fsp3) is 0.917. The monoisotopic (exact) mass is 214 g/mol. The molecule has 0 amide bonds. The molecule has 1 rings (SSSR count). The number of ether oxygens (including phenoxy) is 1. The molecule has 3 atom stereocenters. The summed E-state index contributed by atoms with van der Waals surface area (Å²) in [4.78, 5) is 10.6. The number of carboxylic acids is 1. The highest BCUT2D eigenvalue weighted by Gasteiger charge is 2.23. The molecule has 0 aromatic heterocycles. The van der Waals surface area contributed by atoms with Gasteiger partial charge in [0.2, 0.25) is 0 Å². The van der Waals surface area contributed by atoms with Gasteiger partial charge in [-0.3, -0.25) is 4.79 Å². The molecular formula is C12H22O3. The molecule has 3 nitrogen and oxygen atoms in total. The van der Waals surface area contributed by atoms with Crippen LogP contribution in [0.3, 0.4) is 0 Å². The Morgan fingerprint density at radius 2 is 2.27 bits per heavy atom. The van der Waals surface area contributed by atoms with Gasteiger partial charge in [0.25, 0.3) is 0 Å². The lowest BCUT2D eigenvalue weighted by Gasteiger charge is -2.29. The van der Waals surface area contributed by atoms with Gasteiger partial charge in [-0.15, -0.1) is 0 Å². The van der Waals surface area contributed by atoms with Crippen LogP contribution < -0.4 is 0 Å². The molecule has 0 spiro atoms. The Balaban J connectivity index is 2.33. The molecule has 1 aliphatic carbocycles. The van der Waals surface area contributed by atoms with Gasteiger partial charge in [-0.2, -0.15) is 0 Å². The first-order chi connectivity index (χ1) is 7.11. The van der Waals surface area contributed by atoms with Crippen LogP contribution in [0, 0.1) is 5.92 Å². The third-order valence-electron chi connectivity index (χ3n) is 3.13. The molecule has 0 bridgehead atoms. The van der Waals surface area contributed by atoms with Crippen molar-refractivity contribution in [1.82, 2.24) is 0 Å². The number of aliphatic carboxylic acids is 1. The lowest BCUT2D eigenvalue weighted by molar-refractivity contribution is -0.142. The van der Waals surface area contributed by atoms with Crippen molar-refractivity contribution in [3.05, 3.63) is 0 Å². The third-order valence-corrected chi connectivity index (χ3v) is 3.13. The zero-order valence-electron chi connectivity index (χ0n) is 9.74. The van der Waals surface area contributed by atoms with E-state index in [0.29, 0.717) is 0 Å². The van der Waals surface area contributed by atoms with Gasteiger partial charge in [-0.05, 0) is 25.2 Å². The molecule has 15 heavy (non-hydrogen) atoms. The zero-order valence-corrected chi connectivity index (χ0v) is 9.74. The summed E-state index contributed by atoms with van der Waals surface area (Å²) >= 11 is 0. The molecule has 0 aromatic rings. The molecule has 0 aromatic carbocycles. The fourth-order valence-corrected chi connectivity index (χ4v) is 2.26. The number of carbonyl (C=O) groups is 1. The Labute approximate surface area is 91.8 Å². The Bertz CT molecular complexity index is 203. The van der Waals surface area contributed by atoms with Crippen molar-refractivity contribution in [1.29, 1.82) is 0 Å². The fourth-order valence-electron chi connectivity index (χ4n) is 2.26. The number of hydrogen-bond donors (Lipinski definition) is 1. The van der Waals surface area contributed by atoms with Crippen LogP contribution in [0.4, 0.5) is 0 Å². The second kappa shape index (κ2) is 6.11. The van der Waals surface area contributed by atoms with Gasteiger partial charge in [0.1, 0.15) is 0 Å². The second-order valence-electron chi connectivity index (χ2n) is 4.66. The van der Waals surface area contributed by atoms with Crippen molar-refractivity contribution in [2.75, 3.05) is 0 Å². The van der Waals surface area contributed by atoms with Crippen molar-refractivity contribution in [2.45, 2.75) is 64.6 Å². The molecule has 0 heterocycles. The van der Waals surface area contributed by atoms with Crippen LogP contribution >= 0.6 is 0 Å². The second-order valence-corrected chi connectivity index (χ2v) is 4.66. The van der Waals surface area contributed by atoms with E-state index in [1.165, 1.54) is 12.8 Å². The molecule has 3 unspecified atom stereocenters. The summed E-state index contributed by atoms with van der Waals surface area (Å²) in [6.07, 6.45) is 5.82. The van der Waals surface area contributed by atoms with Crippen LogP contribution in [-0.4, -0.2) is 23.3 Å². The van der Waals surface area contributed by atoms with Gasteiger partial charge >= 0.3 is 5.97 Å². The smallest absolute Gasteiger partial charge is 0.305 e. The van der Waals surface area contributed by atoms with E-state index in [1.807, 2.05) is 6.92 Å². The Morgan fingerprint density at radius 1 is 1.53 bits per heavy atom. The van der Waals surface area contributed by atoms with Crippen LogP contribution in [0.1, 0.15) is 52.4 Å². The molecule has 0 saturated heterocycles. The van der Waals surface area contributed by atoms with Gasteiger partial charge in [-0.1, -0.05) is 26.7 Å². The topological polar surface area (TPSA) is 46.5 Å². The average Bonchev–Trinajstić information content (AvgIpc) is 2.16. The van der Waals surface area contributed by atoms with Crippen LogP contribution in [0.25, 0.3) is 0 Å². The summed E-state index contributed by atoms with van der Waals surface area (Å²) in [5.41, 5.74) is 0. The first kappa shape index (κ1) is 12.5. The highest BCUT2D eigenvalue weighted by Crippen LogP contribution is 2.27. The van der Waals surface area contributed by atoms with E-state index in [1.54, 1.807) is 0 Å². The van der Waals surface area contributed by atoms with Crippen molar-refractivity contribution in [2.24, 2.45) is 5.92 Å². The summed E-state index contributed by atoms with van der Waals surface area (Å²) in [5, 5.41) is 8.72.